The quantitative estimate of drug-likeness (QED) is 0.401. The first kappa shape index (κ1) is 25.5. The van der Waals surface area contributed by atoms with Crippen molar-refractivity contribution in [3.63, 3.8) is 0 Å². The van der Waals surface area contributed by atoms with Crippen molar-refractivity contribution < 1.29 is 36.2 Å². The van der Waals surface area contributed by atoms with Crippen LogP contribution in [-0.2, 0) is 5.60 Å². The Morgan fingerprint density at radius 2 is 1.53 bits per heavy atom. The van der Waals surface area contributed by atoms with Crippen molar-refractivity contribution in [1.29, 1.82) is 0 Å². The standard InChI is InChI=1S/C21H23F6N3O2/c1-30(2)12-4-11-28-18(31)14-5-3-6-17(13-14)29-16-9-7-15(8-10-16)19(32,20(22,23)24)21(25,26)27/h3,5-10,13,29,32H,4,11-12H2,1-2H3,(H,28,31). The first-order valence-corrected chi connectivity index (χ1v) is 9.52. The van der Waals surface area contributed by atoms with Crippen LogP contribution in [0.5, 0.6) is 0 Å². The molecule has 5 nitrogen and oxygen atoms in total. The van der Waals surface area contributed by atoms with E-state index >= 15 is 0 Å². The molecular formula is C21H23F6N3O2. The van der Waals surface area contributed by atoms with Crippen molar-refractivity contribution in [2.45, 2.75) is 24.4 Å². The third-order valence-electron chi connectivity index (χ3n) is 4.60. The van der Waals surface area contributed by atoms with Crippen LogP contribution in [0.4, 0.5) is 37.7 Å². The minimum atomic E-state index is -5.95. The highest BCUT2D eigenvalue weighted by atomic mass is 19.4. The molecule has 11 heteroatoms. The lowest BCUT2D eigenvalue weighted by molar-refractivity contribution is -0.376. The summed E-state index contributed by atoms with van der Waals surface area (Å²) in [5.74, 6) is -0.317. The molecule has 0 aliphatic rings. The van der Waals surface area contributed by atoms with Gasteiger partial charge in [-0.05, 0) is 57.4 Å². The van der Waals surface area contributed by atoms with E-state index in [1.807, 2.05) is 19.0 Å². The van der Waals surface area contributed by atoms with Crippen LogP contribution in [0.25, 0.3) is 0 Å². The van der Waals surface area contributed by atoms with Crippen LogP contribution < -0.4 is 10.6 Å². The Morgan fingerprint density at radius 1 is 0.938 bits per heavy atom. The average Bonchev–Trinajstić information content (AvgIpc) is 2.69. The Bertz CT molecular complexity index is 897. The molecule has 0 saturated carbocycles. The lowest BCUT2D eigenvalue weighted by atomic mass is 9.92. The van der Waals surface area contributed by atoms with Gasteiger partial charge in [-0.3, -0.25) is 4.79 Å². The van der Waals surface area contributed by atoms with Crippen molar-refractivity contribution in [3.8, 4) is 0 Å². The summed E-state index contributed by atoms with van der Waals surface area (Å²) in [5.41, 5.74) is -5.43. The molecule has 0 unspecified atom stereocenters. The first-order valence-electron chi connectivity index (χ1n) is 9.52. The van der Waals surface area contributed by atoms with Gasteiger partial charge in [0.25, 0.3) is 11.5 Å². The van der Waals surface area contributed by atoms with Crippen molar-refractivity contribution >= 4 is 17.3 Å². The fraction of sp³-hybridized carbons (Fsp3) is 0.381. The monoisotopic (exact) mass is 463 g/mol. The Morgan fingerprint density at radius 3 is 2.06 bits per heavy atom. The highest BCUT2D eigenvalue weighted by Crippen LogP contribution is 2.50. The molecule has 176 valence electrons. The van der Waals surface area contributed by atoms with Gasteiger partial charge < -0.3 is 20.6 Å². The third kappa shape index (κ3) is 5.92. The largest absolute Gasteiger partial charge is 0.430 e. The second-order valence-electron chi connectivity index (χ2n) is 7.40. The predicted octanol–water partition coefficient (Wildman–Crippen LogP) is 4.42. The van der Waals surface area contributed by atoms with Gasteiger partial charge in [-0.2, -0.15) is 26.3 Å². The maximum atomic E-state index is 13.0. The van der Waals surface area contributed by atoms with Crippen LogP contribution in [0, 0.1) is 0 Å². The molecule has 0 fully saturated rings. The zero-order valence-corrected chi connectivity index (χ0v) is 17.3. The molecule has 32 heavy (non-hydrogen) atoms. The summed E-state index contributed by atoms with van der Waals surface area (Å²) < 4.78 is 77.9. The summed E-state index contributed by atoms with van der Waals surface area (Å²) in [7, 11) is 3.83. The smallest absolute Gasteiger partial charge is 0.369 e. The minimum Gasteiger partial charge on any atom is -0.369 e. The SMILES string of the molecule is CN(C)CCCNC(=O)c1cccc(Nc2ccc(C(O)(C(F)(F)F)C(F)(F)F)cc2)c1. The molecule has 2 aromatic carbocycles. The van der Waals surface area contributed by atoms with Gasteiger partial charge in [-0.25, -0.2) is 0 Å². The third-order valence-corrected chi connectivity index (χ3v) is 4.60. The van der Waals surface area contributed by atoms with Gasteiger partial charge >= 0.3 is 12.4 Å². The molecule has 1 amide bonds. The number of benzene rings is 2. The molecule has 0 atom stereocenters. The molecular weight excluding hydrogens is 440 g/mol. The molecule has 0 bridgehead atoms. The molecule has 0 spiro atoms. The van der Waals surface area contributed by atoms with E-state index in [1.165, 1.54) is 6.07 Å². The van der Waals surface area contributed by atoms with Crippen LogP contribution in [0.3, 0.4) is 0 Å². The summed E-state index contributed by atoms with van der Waals surface area (Å²) in [6.45, 7) is 1.27. The highest BCUT2D eigenvalue weighted by Gasteiger charge is 2.71. The normalized spacial score (nSPS) is 12.7. The van der Waals surface area contributed by atoms with Gasteiger partial charge in [-0.1, -0.05) is 18.2 Å². The second-order valence-corrected chi connectivity index (χ2v) is 7.40. The Balaban J connectivity index is 2.13. The van der Waals surface area contributed by atoms with E-state index in [0.29, 0.717) is 29.9 Å². The number of carbonyl (C=O) groups excluding carboxylic acids is 1. The van der Waals surface area contributed by atoms with E-state index in [2.05, 4.69) is 10.6 Å². The minimum absolute atomic E-state index is 0.170. The Hall–Kier alpha value is -2.79. The van der Waals surface area contributed by atoms with Gasteiger partial charge in [-0.15, -0.1) is 0 Å². The van der Waals surface area contributed by atoms with Crippen LogP contribution in [-0.4, -0.2) is 55.5 Å². The van der Waals surface area contributed by atoms with Gasteiger partial charge in [0.05, 0.1) is 0 Å². The predicted molar refractivity (Wildman–Crippen MR) is 108 cm³/mol. The number of nitrogens with zero attached hydrogens (tertiary/aromatic N) is 1. The van der Waals surface area contributed by atoms with Crippen LogP contribution in [0.2, 0.25) is 0 Å². The van der Waals surface area contributed by atoms with Crippen LogP contribution in [0.15, 0.2) is 48.5 Å². The van der Waals surface area contributed by atoms with E-state index in [-0.39, 0.29) is 11.6 Å². The number of carbonyl (C=O) groups is 1. The van der Waals surface area contributed by atoms with Crippen LogP contribution in [0.1, 0.15) is 22.3 Å². The number of nitrogens with one attached hydrogen (secondary N) is 2. The van der Waals surface area contributed by atoms with E-state index in [9.17, 15) is 36.2 Å². The van der Waals surface area contributed by atoms with Crippen molar-refractivity contribution in [2.75, 3.05) is 32.5 Å². The number of amides is 1. The van der Waals surface area contributed by atoms with Crippen molar-refractivity contribution in [1.82, 2.24) is 10.2 Å². The molecule has 0 radical (unpaired) electrons. The van der Waals surface area contributed by atoms with Crippen LogP contribution >= 0.6 is 0 Å². The number of aliphatic hydroxyl groups is 1. The number of anilines is 2. The fourth-order valence-corrected chi connectivity index (χ4v) is 2.89. The van der Waals surface area contributed by atoms with Crippen molar-refractivity contribution in [3.05, 3.63) is 59.7 Å². The van der Waals surface area contributed by atoms with E-state index in [4.69, 9.17) is 0 Å². The number of rotatable bonds is 8. The van der Waals surface area contributed by atoms with E-state index in [1.54, 1.807) is 18.2 Å². The zero-order chi connectivity index (χ0) is 24.2. The lowest BCUT2D eigenvalue weighted by Crippen LogP contribution is -2.53. The van der Waals surface area contributed by atoms with Gasteiger partial charge in [0, 0.05) is 29.0 Å². The summed E-state index contributed by atoms with van der Waals surface area (Å²) in [6, 6.07) is 9.28. The maximum Gasteiger partial charge on any atom is 0.430 e. The molecule has 0 saturated heterocycles. The fourth-order valence-electron chi connectivity index (χ4n) is 2.89. The van der Waals surface area contributed by atoms with Crippen molar-refractivity contribution in [2.24, 2.45) is 0 Å². The van der Waals surface area contributed by atoms with Gasteiger partial charge in [0.15, 0.2) is 0 Å². The maximum absolute atomic E-state index is 13.0. The molecule has 0 aliphatic carbocycles. The Kier molecular flexibility index (Phi) is 7.79. The number of hydrogen-bond acceptors (Lipinski definition) is 4. The Labute approximate surface area is 181 Å². The topological polar surface area (TPSA) is 64.6 Å². The van der Waals surface area contributed by atoms with E-state index < -0.39 is 23.5 Å². The molecule has 0 heterocycles. The second kappa shape index (κ2) is 9.78. The molecule has 3 N–H and O–H groups in total. The van der Waals surface area contributed by atoms with Gasteiger partial charge in [0.1, 0.15) is 0 Å². The number of halogens is 6. The van der Waals surface area contributed by atoms with E-state index in [0.717, 1.165) is 25.1 Å². The number of hydrogen-bond donors (Lipinski definition) is 3. The number of alkyl halides is 6. The average molecular weight is 463 g/mol. The zero-order valence-electron chi connectivity index (χ0n) is 17.3. The summed E-state index contributed by atoms with van der Waals surface area (Å²) >= 11 is 0. The molecule has 2 rings (SSSR count). The van der Waals surface area contributed by atoms with Gasteiger partial charge in [0.2, 0.25) is 0 Å². The first-order chi connectivity index (χ1) is 14.8. The molecule has 0 aromatic heterocycles. The molecule has 0 aliphatic heterocycles. The summed E-state index contributed by atoms with van der Waals surface area (Å²) in [6.07, 6.45) is -11.1. The molecule has 2 aromatic rings. The summed E-state index contributed by atoms with van der Waals surface area (Å²) in [4.78, 5) is 14.2. The summed E-state index contributed by atoms with van der Waals surface area (Å²) in [5, 5.41) is 15.0. The highest BCUT2D eigenvalue weighted by molar-refractivity contribution is 5.95. The lowest BCUT2D eigenvalue weighted by Gasteiger charge is -2.32.